The molecule has 0 spiro atoms. The van der Waals surface area contributed by atoms with Gasteiger partial charge in [-0.15, -0.1) is 0 Å². The van der Waals surface area contributed by atoms with Crippen molar-refractivity contribution < 1.29 is 9.47 Å². The third-order valence-electron chi connectivity index (χ3n) is 5.86. The van der Waals surface area contributed by atoms with Gasteiger partial charge < -0.3 is 14.5 Å². The lowest BCUT2D eigenvalue weighted by molar-refractivity contribution is 0.308. The van der Waals surface area contributed by atoms with Gasteiger partial charge in [0, 0.05) is 35.2 Å². The van der Waals surface area contributed by atoms with Crippen LogP contribution in [0.2, 0.25) is 0 Å². The van der Waals surface area contributed by atoms with E-state index in [0.29, 0.717) is 6.61 Å². The first-order valence-electron chi connectivity index (χ1n) is 12.0. The first kappa shape index (κ1) is 23.2. The van der Waals surface area contributed by atoms with E-state index in [1.807, 2.05) is 73.1 Å². The van der Waals surface area contributed by atoms with Gasteiger partial charge in [-0.3, -0.25) is 10.1 Å². The van der Waals surface area contributed by atoms with Crippen LogP contribution in [0.4, 0.5) is 0 Å². The predicted octanol–water partition coefficient (Wildman–Crippen LogP) is 6.65. The summed E-state index contributed by atoms with van der Waals surface area (Å²) in [5.74, 6) is 1.55. The molecule has 0 saturated carbocycles. The second-order valence-corrected chi connectivity index (χ2v) is 8.42. The van der Waals surface area contributed by atoms with Gasteiger partial charge in [-0.25, -0.2) is 0 Å². The van der Waals surface area contributed by atoms with E-state index < -0.39 is 0 Å². The van der Waals surface area contributed by atoms with Gasteiger partial charge in [-0.1, -0.05) is 24.3 Å². The summed E-state index contributed by atoms with van der Waals surface area (Å²) >= 11 is 0. The molecule has 3 aromatic heterocycles. The van der Waals surface area contributed by atoms with E-state index in [9.17, 15) is 0 Å². The molecule has 0 fully saturated rings. The number of aromatic amines is 2. The van der Waals surface area contributed by atoms with Gasteiger partial charge in [-0.2, -0.15) is 5.10 Å². The molecule has 36 heavy (non-hydrogen) atoms. The van der Waals surface area contributed by atoms with E-state index in [2.05, 4.69) is 50.5 Å². The molecule has 0 aliphatic carbocycles. The summed E-state index contributed by atoms with van der Waals surface area (Å²) in [5, 5.41) is 8.66. The number of rotatable bonds is 10. The Kier molecular flexibility index (Phi) is 7.23. The molecule has 0 bridgehead atoms. The lowest BCUT2D eigenvalue weighted by Gasteiger charge is -2.10. The van der Waals surface area contributed by atoms with Gasteiger partial charge in [0.1, 0.15) is 11.5 Å². The quantitative estimate of drug-likeness (QED) is 0.221. The minimum absolute atomic E-state index is 0.623. The fourth-order valence-corrected chi connectivity index (χ4v) is 3.96. The monoisotopic (exact) mass is 476 g/mol. The number of nitrogens with zero attached hydrogens (tertiary/aromatic N) is 2. The maximum Gasteiger partial charge on any atom is 0.129 e. The summed E-state index contributed by atoms with van der Waals surface area (Å²) < 4.78 is 11.5. The van der Waals surface area contributed by atoms with Crippen molar-refractivity contribution in [2.24, 2.45) is 0 Å². The highest BCUT2D eigenvalue weighted by atomic mass is 16.5. The Balaban J connectivity index is 1.18. The maximum absolute atomic E-state index is 5.92. The summed E-state index contributed by atoms with van der Waals surface area (Å²) in [7, 11) is 1.67. The molecule has 0 atom stereocenters. The minimum atomic E-state index is 0.623. The largest absolute Gasteiger partial charge is 0.496 e. The fourth-order valence-electron chi connectivity index (χ4n) is 3.96. The Morgan fingerprint density at radius 2 is 1.89 bits per heavy atom. The Hall–Kier alpha value is -4.58. The highest BCUT2D eigenvalue weighted by Gasteiger charge is 2.04. The van der Waals surface area contributed by atoms with Crippen molar-refractivity contribution in [2.75, 3.05) is 13.7 Å². The number of methoxy groups -OCH3 is 1. The highest BCUT2D eigenvalue weighted by molar-refractivity contribution is 5.83. The molecule has 180 valence electrons. The first-order chi connectivity index (χ1) is 17.8. The molecule has 2 aromatic carbocycles. The SMILES string of the molecule is COc1cc(OCCCc2ccccn2)ccc1/C=C/c1cc(/C=C/c2ccc3cc[nH]c3c2)n[nH]1. The van der Waals surface area contributed by atoms with Crippen LogP contribution in [-0.2, 0) is 6.42 Å². The Bertz CT molecular complexity index is 1480. The summed E-state index contributed by atoms with van der Waals surface area (Å²) in [6.45, 7) is 0.623. The predicted molar refractivity (Wildman–Crippen MR) is 146 cm³/mol. The molecule has 0 amide bonds. The van der Waals surface area contributed by atoms with E-state index in [0.717, 1.165) is 58.1 Å². The molecular weight excluding hydrogens is 448 g/mol. The normalized spacial score (nSPS) is 11.6. The van der Waals surface area contributed by atoms with Gasteiger partial charge in [0.15, 0.2) is 0 Å². The van der Waals surface area contributed by atoms with Crippen LogP contribution in [0.15, 0.2) is 79.1 Å². The number of fused-ring (bicyclic) bond motifs is 1. The zero-order valence-electron chi connectivity index (χ0n) is 20.1. The van der Waals surface area contributed by atoms with Gasteiger partial charge in [0.05, 0.1) is 25.1 Å². The Labute approximate surface area is 210 Å². The molecule has 6 heteroatoms. The second-order valence-electron chi connectivity index (χ2n) is 8.42. The molecule has 5 rings (SSSR count). The Morgan fingerprint density at radius 1 is 0.917 bits per heavy atom. The number of nitrogens with one attached hydrogen (secondary N) is 2. The molecule has 2 N–H and O–H groups in total. The van der Waals surface area contributed by atoms with Gasteiger partial charge in [0.2, 0.25) is 0 Å². The molecule has 6 nitrogen and oxygen atoms in total. The zero-order chi connectivity index (χ0) is 24.6. The van der Waals surface area contributed by atoms with Crippen molar-refractivity contribution >= 4 is 35.2 Å². The second kappa shape index (κ2) is 11.2. The number of aromatic nitrogens is 4. The van der Waals surface area contributed by atoms with Crippen molar-refractivity contribution in [2.45, 2.75) is 12.8 Å². The van der Waals surface area contributed by atoms with Crippen LogP contribution in [-0.4, -0.2) is 33.9 Å². The number of H-pyrrole nitrogens is 2. The zero-order valence-corrected chi connectivity index (χ0v) is 20.1. The van der Waals surface area contributed by atoms with Crippen LogP contribution in [0.5, 0.6) is 11.5 Å². The number of ether oxygens (including phenoxy) is 2. The summed E-state index contributed by atoms with van der Waals surface area (Å²) in [4.78, 5) is 7.59. The van der Waals surface area contributed by atoms with Crippen molar-refractivity contribution in [3.63, 3.8) is 0 Å². The molecule has 3 heterocycles. The smallest absolute Gasteiger partial charge is 0.129 e. The molecule has 0 aliphatic heterocycles. The lowest BCUT2D eigenvalue weighted by Crippen LogP contribution is -2.01. The number of hydrogen-bond donors (Lipinski definition) is 2. The molecule has 0 unspecified atom stereocenters. The fraction of sp³-hybridized carbons (Fsp3) is 0.133. The average Bonchev–Trinajstić information content (AvgIpc) is 3.58. The topological polar surface area (TPSA) is 75.8 Å². The molecular formula is C30H28N4O2. The van der Waals surface area contributed by atoms with Crippen molar-refractivity contribution in [1.82, 2.24) is 20.2 Å². The van der Waals surface area contributed by atoms with Crippen LogP contribution in [0, 0.1) is 0 Å². The van der Waals surface area contributed by atoms with Gasteiger partial charge in [0.25, 0.3) is 0 Å². The van der Waals surface area contributed by atoms with Crippen LogP contribution in [0.1, 0.15) is 34.6 Å². The third-order valence-corrected chi connectivity index (χ3v) is 5.86. The van der Waals surface area contributed by atoms with Crippen molar-refractivity contribution in [3.8, 4) is 11.5 Å². The number of benzene rings is 2. The standard InChI is InChI=1S/C30H28N4O2/c1-35-30-21-28(36-18-4-6-25-5-2-3-16-31-25)14-11-24(30)10-13-27-20-26(33-34-27)12-8-22-7-9-23-15-17-32-29(23)19-22/h2-3,5,7-17,19-21,32H,4,6,18H2,1H3,(H,33,34)/b12-8+,13-10+. The molecule has 0 saturated heterocycles. The van der Waals surface area contributed by atoms with Gasteiger partial charge >= 0.3 is 0 Å². The number of pyridine rings is 1. The average molecular weight is 477 g/mol. The van der Waals surface area contributed by atoms with Crippen LogP contribution in [0.3, 0.4) is 0 Å². The summed E-state index contributed by atoms with van der Waals surface area (Å²) in [6.07, 6.45) is 13.6. The van der Waals surface area contributed by atoms with E-state index in [-0.39, 0.29) is 0 Å². The van der Waals surface area contributed by atoms with Crippen LogP contribution in [0.25, 0.3) is 35.2 Å². The van der Waals surface area contributed by atoms with E-state index in [4.69, 9.17) is 9.47 Å². The molecule has 0 radical (unpaired) electrons. The number of aryl methyl sites for hydroxylation is 1. The molecule has 5 aromatic rings. The van der Waals surface area contributed by atoms with E-state index >= 15 is 0 Å². The third kappa shape index (κ3) is 5.91. The van der Waals surface area contributed by atoms with Crippen LogP contribution >= 0.6 is 0 Å². The lowest BCUT2D eigenvalue weighted by atomic mass is 10.1. The first-order valence-corrected chi connectivity index (χ1v) is 12.0. The van der Waals surface area contributed by atoms with Crippen molar-refractivity contribution in [1.29, 1.82) is 0 Å². The summed E-state index contributed by atoms with van der Waals surface area (Å²) in [5.41, 5.74) is 6.06. The minimum Gasteiger partial charge on any atom is -0.496 e. The van der Waals surface area contributed by atoms with E-state index in [1.54, 1.807) is 7.11 Å². The van der Waals surface area contributed by atoms with Crippen LogP contribution < -0.4 is 9.47 Å². The Morgan fingerprint density at radius 3 is 2.78 bits per heavy atom. The van der Waals surface area contributed by atoms with Gasteiger partial charge in [-0.05, 0) is 84.5 Å². The maximum atomic E-state index is 5.92. The number of hydrogen-bond acceptors (Lipinski definition) is 4. The van der Waals surface area contributed by atoms with Crippen molar-refractivity contribution in [3.05, 3.63) is 107 Å². The summed E-state index contributed by atoms with van der Waals surface area (Å²) in [6, 6.07) is 22.2. The van der Waals surface area contributed by atoms with E-state index in [1.165, 1.54) is 5.39 Å². The molecule has 0 aliphatic rings. The highest BCUT2D eigenvalue weighted by Crippen LogP contribution is 2.27.